The summed E-state index contributed by atoms with van der Waals surface area (Å²) in [6.45, 7) is 4.59. The molecule has 2 heterocycles. The number of thiophene rings is 1. The summed E-state index contributed by atoms with van der Waals surface area (Å²) in [6, 6.07) is 11.9. The van der Waals surface area contributed by atoms with Crippen molar-refractivity contribution in [1.29, 1.82) is 0 Å². The Bertz CT molecular complexity index is 806. The van der Waals surface area contributed by atoms with Gasteiger partial charge in [0.15, 0.2) is 0 Å². The van der Waals surface area contributed by atoms with Crippen molar-refractivity contribution in [2.24, 2.45) is 0 Å². The molecule has 23 heavy (non-hydrogen) atoms. The summed E-state index contributed by atoms with van der Waals surface area (Å²) in [5, 5.41) is 8.44. The van der Waals surface area contributed by atoms with Gasteiger partial charge in [0.05, 0.1) is 16.9 Å². The van der Waals surface area contributed by atoms with E-state index in [2.05, 4.69) is 5.10 Å². The van der Waals surface area contributed by atoms with Crippen molar-refractivity contribution in [2.45, 2.75) is 20.4 Å². The molecule has 0 saturated carbocycles. The molecule has 5 heteroatoms. The van der Waals surface area contributed by atoms with Crippen LogP contribution in [0.3, 0.4) is 0 Å². The van der Waals surface area contributed by atoms with E-state index >= 15 is 0 Å². The molecule has 4 nitrogen and oxygen atoms in total. The number of rotatable bonds is 4. The zero-order valence-electron chi connectivity index (χ0n) is 13.5. The van der Waals surface area contributed by atoms with E-state index in [1.54, 1.807) is 4.90 Å². The van der Waals surface area contributed by atoms with Crippen molar-refractivity contribution in [3.05, 3.63) is 69.7 Å². The van der Waals surface area contributed by atoms with Crippen LogP contribution < -0.4 is 0 Å². The van der Waals surface area contributed by atoms with Gasteiger partial charge in [0.2, 0.25) is 0 Å². The van der Waals surface area contributed by atoms with Gasteiger partial charge >= 0.3 is 0 Å². The van der Waals surface area contributed by atoms with E-state index in [0.29, 0.717) is 6.54 Å². The van der Waals surface area contributed by atoms with Crippen molar-refractivity contribution in [3.63, 3.8) is 0 Å². The Hall–Kier alpha value is -2.40. The lowest BCUT2D eigenvalue weighted by atomic mass is 10.1. The van der Waals surface area contributed by atoms with Gasteiger partial charge < -0.3 is 4.90 Å². The second-order valence-corrected chi connectivity index (χ2v) is 6.35. The van der Waals surface area contributed by atoms with E-state index < -0.39 is 0 Å². The maximum Gasteiger partial charge on any atom is 0.254 e. The summed E-state index contributed by atoms with van der Waals surface area (Å²) >= 11 is 1.54. The summed E-state index contributed by atoms with van der Waals surface area (Å²) in [7, 11) is 1.83. The second kappa shape index (κ2) is 6.38. The standard InChI is InChI=1S/C18H19N3OS/c1-13-17(11-20(3)18(22)15-9-10-23-12-15)14(2)21(19-13)16-7-5-4-6-8-16/h4-10,12H,11H2,1-3H3. The number of aromatic nitrogens is 2. The molecule has 3 aromatic rings. The van der Waals surface area contributed by atoms with Crippen molar-refractivity contribution in [1.82, 2.24) is 14.7 Å². The predicted molar refractivity (Wildman–Crippen MR) is 93.2 cm³/mol. The highest BCUT2D eigenvalue weighted by atomic mass is 32.1. The van der Waals surface area contributed by atoms with E-state index in [9.17, 15) is 4.79 Å². The zero-order valence-corrected chi connectivity index (χ0v) is 14.3. The minimum atomic E-state index is 0.0394. The molecule has 0 bridgehead atoms. The molecule has 0 fully saturated rings. The van der Waals surface area contributed by atoms with Crippen LogP contribution in [0.5, 0.6) is 0 Å². The van der Waals surface area contributed by atoms with Gasteiger partial charge in [-0.1, -0.05) is 18.2 Å². The van der Waals surface area contributed by atoms with Crippen LogP contribution in [0.2, 0.25) is 0 Å². The Balaban J connectivity index is 1.86. The van der Waals surface area contributed by atoms with E-state index in [1.807, 2.05) is 72.7 Å². The average Bonchev–Trinajstić information content (AvgIpc) is 3.19. The highest BCUT2D eigenvalue weighted by Gasteiger charge is 2.18. The van der Waals surface area contributed by atoms with Gasteiger partial charge in [-0.2, -0.15) is 16.4 Å². The molecule has 0 unspecified atom stereocenters. The molecule has 118 valence electrons. The Morgan fingerprint density at radius 1 is 1.22 bits per heavy atom. The predicted octanol–water partition coefficient (Wildman–Crippen LogP) is 3.82. The number of hydrogen-bond donors (Lipinski definition) is 0. The SMILES string of the molecule is Cc1nn(-c2ccccc2)c(C)c1CN(C)C(=O)c1ccsc1. The van der Waals surface area contributed by atoms with Crippen LogP contribution in [-0.4, -0.2) is 27.6 Å². The Morgan fingerprint density at radius 3 is 2.61 bits per heavy atom. The molecule has 0 aliphatic heterocycles. The van der Waals surface area contributed by atoms with Crippen LogP contribution in [0.25, 0.3) is 5.69 Å². The number of carbonyl (C=O) groups is 1. The number of amides is 1. The fourth-order valence-electron chi connectivity index (χ4n) is 2.64. The third-order valence-electron chi connectivity index (χ3n) is 3.95. The topological polar surface area (TPSA) is 38.1 Å². The molecule has 0 radical (unpaired) electrons. The fraction of sp³-hybridized carbons (Fsp3) is 0.222. The third-order valence-corrected chi connectivity index (χ3v) is 4.64. The fourth-order valence-corrected chi connectivity index (χ4v) is 3.27. The molecule has 0 spiro atoms. The van der Waals surface area contributed by atoms with E-state index in [-0.39, 0.29) is 5.91 Å². The first-order valence-corrected chi connectivity index (χ1v) is 8.40. The largest absolute Gasteiger partial charge is 0.337 e. The molecule has 3 rings (SSSR count). The smallest absolute Gasteiger partial charge is 0.254 e. The van der Waals surface area contributed by atoms with Gasteiger partial charge in [-0.05, 0) is 37.4 Å². The lowest BCUT2D eigenvalue weighted by Gasteiger charge is -2.17. The monoisotopic (exact) mass is 325 g/mol. The number of carbonyl (C=O) groups excluding carboxylic acids is 1. The minimum absolute atomic E-state index is 0.0394. The molecular formula is C18H19N3OS. The van der Waals surface area contributed by atoms with Crippen molar-refractivity contribution < 1.29 is 4.79 Å². The molecule has 1 amide bonds. The summed E-state index contributed by atoms with van der Waals surface area (Å²) in [6.07, 6.45) is 0. The number of benzene rings is 1. The lowest BCUT2D eigenvalue weighted by molar-refractivity contribution is 0.0785. The lowest BCUT2D eigenvalue weighted by Crippen LogP contribution is -2.26. The van der Waals surface area contributed by atoms with Crippen LogP contribution in [0.1, 0.15) is 27.3 Å². The number of hydrogen-bond acceptors (Lipinski definition) is 3. The highest BCUT2D eigenvalue weighted by molar-refractivity contribution is 7.08. The van der Waals surface area contributed by atoms with Crippen molar-refractivity contribution >= 4 is 17.2 Å². The Labute approximate surface area is 140 Å². The summed E-state index contributed by atoms with van der Waals surface area (Å²) in [4.78, 5) is 14.2. The van der Waals surface area contributed by atoms with E-state index in [1.165, 1.54) is 11.3 Å². The maximum absolute atomic E-state index is 12.4. The second-order valence-electron chi connectivity index (χ2n) is 5.57. The first kappa shape index (κ1) is 15.5. The first-order valence-electron chi connectivity index (χ1n) is 7.46. The number of para-hydroxylation sites is 1. The first-order chi connectivity index (χ1) is 11.1. The third kappa shape index (κ3) is 3.05. The maximum atomic E-state index is 12.4. The minimum Gasteiger partial charge on any atom is -0.337 e. The van der Waals surface area contributed by atoms with Gasteiger partial charge in [0.25, 0.3) is 5.91 Å². The van der Waals surface area contributed by atoms with Gasteiger partial charge in [0, 0.05) is 30.2 Å². The van der Waals surface area contributed by atoms with Crippen molar-refractivity contribution in [3.8, 4) is 5.69 Å². The Morgan fingerprint density at radius 2 is 1.96 bits per heavy atom. The van der Waals surface area contributed by atoms with Crippen molar-refractivity contribution in [2.75, 3.05) is 7.05 Å². The van der Waals surface area contributed by atoms with Gasteiger partial charge in [0.1, 0.15) is 0 Å². The van der Waals surface area contributed by atoms with E-state index in [4.69, 9.17) is 0 Å². The molecule has 0 aliphatic rings. The van der Waals surface area contributed by atoms with E-state index in [0.717, 1.165) is 28.2 Å². The molecule has 0 atom stereocenters. The van der Waals surface area contributed by atoms with Crippen LogP contribution in [0.15, 0.2) is 47.2 Å². The highest BCUT2D eigenvalue weighted by Crippen LogP contribution is 2.20. The molecule has 1 aromatic carbocycles. The van der Waals surface area contributed by atoms with Crippen LogP contribution in [-0.2, 0) is 6.54 Å². The van der Waals surface area contributed by atoms with Crippen LogP contribution >= 0.6 is 11.3 Å². The number of aryl methyl sites for hydroxylation is 1. The average molecular weight is 325 g/mol. The van der Waals surface area contributed by atoms with Gasteiger partial charge in [-0.15, -0.1) is 0 Å². The zero-order chi connectivity index (χ0) is 16.4. The summed E-state index contributed by atoms with van der Waals surface area (Å²) in [5.74, 6) is 0.0394. The molecular weight excluding hydrogens is 306 g/mol. The molecule has 0 saturated heterocycles. The van der Waals surface area contributed by atoms with Crippen LogP contribution in [0, 0.1) is 13.8 Å². The molecule has 2 aromatic heterocycles. The molecule has 0 aliphatic carbocycles. The summed E-state index contributed by atoms with van der Waals surface area (Å²) in [5.41, 5.74) is 4.89. The molecule has 0 N–H and O–H groups in total. The quantitative estimate of drug-likeness (QED) is 0.731. The van der Waals surface area contributed by atoms with Gasteiger partial charge in [-0.25, -0.2) is 4.68 Å². The normalized spacial score (nSPS) is 10.7. The summed E-state index contributed by atoms with van der Waals surface area (Å²) < 4.78 is 1.94. The Kier molecular flexibility index (Phi) is 4.30. The number of nitrogens with zero attached hydrogens (tertiary/aromatic N) is 3. The van der Waals surface area contributed by atoms with Crippen LogP contribution in [0.4, 0.5) is 0 Å². The van der Waals surface area contributed by atoms with Gasteiger partial charge in [-0.3, -0.25) is 4.79 Å².